The van der Waals surface area contributed by atoms with Gasteiger partial charge in [-0.15, -0.1) is 11.3 Å². The van der Waals surface area contributed by atoms with Crippen molar-refractivity contribution in [1.82, 2.24) is 14.9 Å². The minimum Gasteiger partial charge on any atom is -0.330 e. The summed E-state index contributed by atoms with van der Waals surface area (Å²) in [5.41, 5.74) is 1.20. The van der Waals surface area contributed by atoms with Crippen LogP contribution in [0.2, 0.25) is 0 Å². The predicted molar refractivity (Wildman–Crippen MR) is 64.2 cm³/mol. The third-order valence-electron chi connectivity index (χ3n) is 2.46. The Hall–Kier alpha value is -1.13. The molecule has 0 radical (unpaired) electrons. The van der Waals surface area contributed by atoms with Crippen molar-refractivity contribution in [3.8, 4) is 10.6 Å². The minimum atomic E-state index is 0.967. The molecule has 0 atom stereocenters. The van der Waals surface area contributed by atoms with E-state index in [-0.39, 0.29) is 0 Å². The molecule has 2 heterocycles. The Morgan fingerprint density at radius 3 is 3.07 bits per heavy atom. The van der Waals surface area contributed by atoms with Crippen molar-refractivity contribution in [2.45, 2.75) is 6.42 Å². The van der Waals surface area contributed by atoms with Gasteiger partial charge in [-0.1, -0.05) is 6.07 Å². The van der Waals surface area contributed by atoms with Gasteiger partial charge in [0.1, 0.15) is 5.82 Å². The molecule has 2 aromatic heterocycles. The molecule has 1 N–H and O–H groups in total. The normalized spacial score (nSPS) is 10.8. The highest BCUT2D eigenvalue weighted by atomic mass is 32.1. The lowest BCUT2D eigenvalue weighted by atomic mass is 10.3. The van der Waals surface area contributed by atoms with E-state index in [1.807, 2.05) is 13.2 Å². The third kappa shape index (κ3) is 2.11. The molecule has 0 aliphatic rings. The fourth-order valence-corrected chi connectivity index (χ4v) is 2.34. The molecule has 2 rings (SSSR count). The standard InChI is InChI=1S/C11H15N3S/c1-12-6-5-11-13-8-9(14(11)2)10-4-3-7-15-10/h3-4,7-8,12H,5-6H2,1-2H3. The highest BCUT2D eigenvalue weighted by Gasteiger charge is 2.08. The Balaban J connectivity index is 2.24. The zero-order valence-corrected chi connectivity index (χ0v) is 9.84. The molecule has 0 saturated carbocycles. The van der Waals surface area contributed by atoms with Gasteiger partial charge in [0.25, 0.3) is 0 Å². The molecule has 0 spiro atoms. The second-order valence-electron chi connectivity index (χ2n) is 3.45. The molecule has 0 unspecified atom stereocenters. The van der Waals surface area contributed by atoms with Gasteiger partial charge in [0.05, 0.1) is 16.8 Å². The Labute approximate surface area is 93.8 Å². The molecule has 0 bridgehead atoms. The van der Waals surface area contributed by atoms with Crippen molar-refractivity contribution in [2.75, 3.05) is 13.6 Å². The SMILES string of the molecule is CNCCc1ncc(-c2cccs2)n1C. The largest absolute Gasteiger partial charge is 0.330 e. The van der Waals surface area contributed by atoms with Gasteiger partial charge < -0.3 is 9.88 Å². The highest BCUT2D eigenvalue weighted by molar-refractivity contribution is 7.13. The number of nitrogens with one attached hydrogen (secondary N) is 1. The number of hydrogen-bond acceptors (Lipinski definition) is 3. The van der Waals surface area contributed by atoms with Crippen LogP contribution in [0.15, 0.2) is 23.7 Å². The van der Waals surface area contributed by atoms with E-state index >= 15 is 0 Å². The van der Waals surface area contributed by atoms with E-state index in [9.17, 15) is 0 Å². The number of thiophene rings is 1. The summed E-state index contributed by atoms with van der Waals surface area (Å²) in [5, 5.41) is 5.23. The van der Waals surface area contributed by atoms with E-state index in [4.69, 9.17) is 0 Å². The summed E-state index contributed by atoms with van der Waals surface area (Å²) in [5.74, 6) is 1.13. The van der Waals surface area contributed by atoms with Crippen LogP contribution in [0.4, 0.5) is 0 Å². The number of likely N-dealkylation sites (N-methyl/N-ethyl adjacent to an activating group) is 1. The first-order valence-corrected chi connectivity index (χ1v) is 5.90. The highest BCUT2D eigenvalue weighted by Crippen LogP contribution is 2.24. The van der Waals surface area contributed by atoms with Crippen LogP contribution in [-0.4, -0.2) is 23.1 Å². The molecule has 0 fully saturated rings. The zero-order chi connectivity index (χ0) is 10.7. The van der Waals surface area contributed by atoms with E-state index in [0.29, 0.717) is 0 Å². The summed E-state index contributed by atoms with van der Waals surface area (Å²) in [6.45, 7) is 0.967. The fraction of sp³-hybridized carbons (Fsp3) is 0.364. The van der Waals surface area contributed by atoms with Gasteiger partial charge in [-0.3, -0.25) is 0 Å². The predicted octanol–water partition coefficient (Wildman–Crippen LogP) is 1.91. The van der Waals surface area contributed by atoms with Gasteiger partial charge >= 0.3 is 0 Å². The topological polar surface area (TPSA) is 29.9 Å². The maximum Gasteiger partial charge on any atom is 0.110 e. The Bertz CT molecular complexity index is 417. The van der Waals surface area contributed by atoms with Crippen molar-refractivity contribution in [1.29, 1.82) is 0 Å². The first-order valence-electron chi connectivity index (χ1n) is 5.02. The second-order valence-corrected chi connectivity index (χ2v) is 4.40. The molecular formula is C11H15N3S. The van der Waals surface area contributed by atoms with Gasteiger partial charge in [0, 0.05) is 20.0 Å². The lowest BCUT2D eigenvalue weighted by Gasteiger charge is -2.03. The molecule has 4 heteroatoms. The Kier molecular flexibility index (Phi) is 3.18. The van der Waals surface area contributed by atoms with Crippen molar-refractivity contribution >= 4 is 11.3 Å². The molecule has 0 aliphatic heterocycles. The lowest BCUT2D eigenvalue weighted by molar-refractivity contribution is 0.720. The van der Waals surface area contributed by atoms with Gasteiger partial charge in [-0.05, 0) is 18.5 Å². The van der Waals surface area contributed by atoms with Gasteiger partial charge in [0.15, 0.2) is 0 Å². The molecule has 2 aromatic rings. The van der Waals surface area contributed by atoms with Gasteiger partial charge in [0.2, 0.25) is 0 Å². The summed E-state index contributed by atoms with van der Waals surface area (Å²) < 4.78 is 2.17. The van der Waals surface area contributed by atoms with E-state index in [1.165, 1.54) is 10.6 Å². The van der Waals surface area contributed by atoms with Crippen LogP contribution >= 0.6 is 11.3 Å². The average molecular weight is 221 g/mol. The maximum atomic E-state index is 4.44. The lowest BCUT2D eigenvalue weighted by Crippen LogP contribution is -2.13. The molecule has 0 amide bonds. The first kappa shape index (κ1) is 10.4. The van der Waals surface area contributed by atoms with Crippen molar-refractivity contribution in [2.24, 2.45) is 7.05 Å². The van der Waals surface area contributed by atoms with Crippen LogP contribution in [0.25, 0.3) is 10.6 Å². The minimum absolute atomic E-state index is 0.967. The van der Waals surface area contributed by atoms with Crippen molar-refractivity contribution in [3.05, 3.63) is 29.5 Å². The van der Waals surface area contributed by atoms with Crippen LogP contribution in [0.3, 0.4) is 0 Å². The van der Waals surface area contributed by atoms with Crippen molar-refractivity contribution in [3.63, 3.8) is 0 Å². The monoisotopic (exact) mass is 221 g/mol. The van der Waals surface area contributed by atoms with Crippen LogP contribution in [0, 0.1) is 0 Å². The maximum absolute atomic E-state index is 4.44. The molecule has 15 heavy (non-hydrogen) atoms. The van der Waals surface area contributed by atoms with Crippen LogP contribution in [0.5, 0.6) is 0 Å². The first-order chi connectivity index (χ1) is 7.33. The number of hydrogen-bond donors (Lipinski definition) is 1. The number of aromatic nitrogens is 2. The zero-order valence-electron chi connectivity index (χ0n) is 9.03. The molecule has 0 saturated heterocycles. The van der Waals surface area contributed by atoms with Gasteiger partial charge in [-0.2, -0.15) is 0 Å². The number of nitrogens with zero attached hydrogens (tertiary/aromatic N) is 2. The van der Waals surface area contributed by atoms with E-state index in [1.54, 1.807) is 11.3 Å². The van der Waals surface area contributed by atoms with Crippen molar-refractivity contribution < 1.29 is 0 Å². The summed E-state index contributed by atoms with van der Waals surface area (Å²) in [7, 11) is 4.04. The van der Waals surface area contributed by atoms with E-state index in [0.717, 1.165) is 18.8 Å². The molecule has 0 aromatic carbocycles. The third-order valence-corrected chi connectivity index (χ3v) is 3.35. The smallest absolute Gasteiger partial charge is 0.110 e. The average Bonchev–Trinajstić information content (AvgIpc) is 2.84. The number of rotatable bonds is 4. The van der Waals surface area contributed by atoms with Crippen LogP contribution < -0.4 is 5.32 Å². The summed E-state index contributed by atoms with van der Waals surface area (Å²) in [4.78, 5) is 5.72. The molecule has 0 aliphatic carbocycles. The summed E-state index contributed by atoms with van der Waals surface area (Å²) in [6, 6.07) is 4.20. The van der Waals surface area contributed by atoms with Crippen LogP contribution in [0.1, 0.15) is 5.82 Å². The summed E-state index contributed by atoms with van der Waals surface area (Å²) in [6.07, 6.45) is 2.93. The van der Waals surface area contributed by atoms with E-state index in [2.05, 4.69) is 39.4 Å². The summed E-state index contributed by atoms with van der Waals surface area (Å²) >= 11 is 1.75. The quantitative estimate of drug-likeness (QED) is 0.854. The Morgan fingerprint density at radius 2 is 2.40 bits per heavy atom. The van der Waals surface area contributed by atoms with Crippen LogP contribution in [-0.2, 0) is 13.5 Å². The van der Waals surface area contributed by atoms with Gasteiger partial charge in [-0.25, -0.2) is 4.98 Å². The molecule has 3 nitrogen and oxygen atoms in total. The molecular weight excluding hydrogens is 206 g/mol. The number of imidazole rings is 1. The second kappa shape index (κ2) is 4.59. The Morgan fingerprint density at radius 1 is 1.53 bits per heavy atom. The fourth-order valence-electron chi connectivity index (χ4n) is 1.57. The molecule has 80 valence electrons. The van der Waals surface area contributed by atoms with E-state index < -0.39 is 0 Å².